The summed E-state index contributed by atoms with van der Waals surface area (Å²) in [5, 5.41) is 3.27. The van der Waals surface area contributed by atoms with Gasteiger partial charge in [-0.05, 0) is 24.8 Å². The molecule has 2 nitrogen and oxygen atoms in total. The third-order valence-electron chi connectivity index (χ3n) is 1.66. The van der Waals surface area contributed by atoms with Crippen molar-refractivity contribution in [3.05, 3.63) is 23.9 Å². The highest BCUT2D eigenvalue weighted by Gasteiger charge is 1.95. The van der Waals surface area contributed by atoms with Crippen LogP contribution in [0.2, 0.25) is 0 Å². The Labute approximate surface area is 84.1 Å². The molecule has 13 heavy (non-hydrogen) atoms. The average molecular weight is 196 g/mol. The van der Waals surface area contributed by atoms with Crippen molar-refractivity contribution in [3.8, 4) is 0 Å². The summed E-state index contributed by atoms with van der Waals surface area (Å²) in [6.07, 6.45) is 3.22. The summed E-state index contributed by atoms with van der Waals surface area (Å²) in [6, 6.07) is 6.13. The van der Waals surface area contributed by atoms with E-state index in [-0.39, 0.29) is 0 Å². The lowest BCUT2D eigenvalue weighted by atomic mass is 10.3. The van der Waals surface area contributed by atoms with E-state index in [2.05, 4.69) is 35.6 Å². The molecule has 0 aliphatic carbocycles. The number of nitrogens with zero attached hydrogens (tertiary/aromatic N) is 1. The monoisotopic (exact) mass is 196 g/mol. The van der Waals surface area contributed by atoms with E-state index < -0.39 is 0 Å². The number of thioether (sulfide) groups is 1. The van der Waals surface area contributed by atoms with Crippen molar-refractivity contribution in [1.82, 2.24) is 4.98 Å². The van der Waals surface area contributed by atoms with Crippen LogP contribution in [0.5, 0.6) is 0 Å². The number of hydrogen-bond donors (Lipinski definition) is 1. The standard InChI is InChI=1S/C10H16N2S/c1-3-7-11-10-6-4-5-9(12-10)8-13-2/h4-6H,3,7-8H2,1-2H3,(H,11,12). The fourth-order valence-electron chi connectivity index (χ4n) is 1.06. The van der Waals surface area contributed by atoms with Crippen LogP contribution in [0.15, 0.2) is 18.2 Å². The molecule has 3 heteroatoms. The Morgan fingerprint density at radius 2 is 2.31 bits per heavy atom. The number of pyridine rings is 1. The predicted octanol–water partition coefficient (Wildman–Crippen LogP) is 2.77. The summed E-state index contributed by atoms with van der Waals surface area (Å²) in [5.74, 6) is 1.98. The van der Waals surface area contributed by atoms with E-state index in [1.807, 2.05) is 6.07 Å². The van der Waals surface area contributed by atoms with Crippen molar-refractivity contribution in [2.45, 2.75) is 19.1 Å². The number of hydrogen-bond acceptors (Lipinski definition) is 3. The van der Waals surface area contributed by atoms with Gasteiger partial charge in [-0.1, -0.05) is 13.0 Å². The van der Waals surface area contributed by atoms with Gasteiger partial charge in [0, 0.05) is 12.3 Å². The first-order chi connectivity index (χ1) is 6.36. The van der Waals surface area contributed by atoms with Gasteiger partial charge in [-0.3, -0.25) is 0 Å². The minimum Gasteiger partial charge on any atom is -0.370 e. The van der Waals surface area contributed by atoms with Crippen LogP contribution in [0, 0.1) is 0 Å². The summed E-state index contributed by atoms with van der Waals surface area (Å²) in [7, 11) is 0. The molecule has 0 saturated heterocycles. The first kappa shape index (κ1) is 10.4. The Balaban J connectivity index is 2.56. The number of rotatable bonds is 5. The lowest BCUT2D eigenvalue weighted by Gasteiger charge is -2.04. The zero-order valence-electron chi connectivity index (χ0n) is 8.21. The van der Waals surface area contributed by atoms with E-state index in [1.54, 1.807) is 11.8 Å². The van der Waals surface area contributed by atoms with Gasteiger partial charge in [-0.15, -0.1) is 0 Å². The van der Waals surface area contributed by atoms with Gasteiger partial charge in [-0.25, -0.2) is 4.98 Å². The van der Waals surface area contributed by atoms with Gasteiger partial charge in [0.2, 0.25) is 0 Å². The molecule has 0 spiro atoms. The summed E-state index contributed by atoms with van der Waals surface area (Å²) < 4.78 is 0. The second-order valence-corrected chi connectivity index (χ2v) is 3.74. The molecule has 0 aliphatic rings. The van der Waals surface area contributed by atoms with Crippen molar-refractivity contribution in [1.29, 1.82) is 0 Å². The summed E-state index contributed by atoms with van der Waals surface area (Å²) in [5.41, 5.74) is 1.15. The zero-order valence-corrected chi connectivity index (χ0v) is 9.03. The van der Waals surface area contributed by atoms with Gasteiger partial charge >= 0.3 is 0 Å². The molecule has 0 bridgehead atoms. The Kier molecular flexibility index (Phi) is 4.68. The highest BCUT2D eigenvalue weighted by molar-refractivity contribution is 7.97. The largest absolute Gasteiger partial charge is 0.370 e. The third-order valence-corrected chi connectivity index (χ3v) is 2.24. The lowest BCUT2D eigenvalue weighted by Crippen LogP contribution is -2.02. The van der Waals surface area contributed by atoms with Crippen LogP contribution in [-0.2, 0) is 5.75 Å². The topological polar surface area (TPSA) is 24.9 Å². The van der Waals surface area contributed by atoms with Crippen LogP contribution < -0.4 is 5.32 Å². The summed E-state index contributed by atoms with van der Waals surface area (Å²) >= 11 is 1.80. The molecule has 1 aromatic rings. The van der Waals surface area contributed by atoms with Crippen LogP contribution in [-0.4, -0.2) is 17.8 Å². The second-order valence-electron chi connectivity index (χ2n) is 2.87. The van der Waals surface area contributed by atoms with Crippen molar-refractivity contribution in [2.24, 2.45) is 0 Å². The van der Waals surface area contributed by atoms with E-state index in [4.69, 9.17) is 0 Å². The molecule has 0 amide bonds. The number of aromatic nitrogens is 1. The van der Waals surface area contributed by atoms with Crippen molar-refractivity contribution in [3.63, 3.8) is 0 Å². The smallest absolute Gasteiger partial charge is 0.126 e. The number of nitrogens with one attached hydrogen (secondary N) is 1. The minimum absolute atomic E-state index is 0.988. The molecular formula is C10H16N2S. The maximum atomic E-state index is 4.47. The van der Waals surface area contributed by atoms with Gasteiger partial charge in [0.15, 0.2) is 0 Å². The second kappa shape index (κ2) is 5.86. The Morgan fingerprint density at radius 1 is 1.46 bits per heavy atom. The molecule has 0 unspecified atom stereocenters. The first-order valence-electron chi connectivity index (χ1n) is 4.55. The minimum atomic E-state index is 0.988. The summed E-state index contributed by atoms with van der Waals surface area (Å²) in [6.45, 7) is 3.15. The van der Waals surface area contributed by atoms with E-state index in [0.29, 0.717) is 0 Å². The van der Waals surface area contributed by atoms with E-state index >= 15 is 0 Å². The Morgan fingerprint density at radius 3 is 3.00 bits per heavy atom. The molecule has 0 fully saturated rings. The molecule has 0 aliphatic heterocycles. The van der Waals surface area contributed by atoms with Gasteiger partial charge in [0.05, 0.1) is 5.69 Å². The van der Waals surface area contributed by atoms with Crippen LogP contribution in [0.1, 0.15) is 19.0 Å². The highest BCUT2D eigenvalue weighted by Crippen LogP contribution is 2.09. The molecule has 1 N–H and O–H groups in total. The quantitative estimate of drug-likeness (QED) is 0.784. The molecule has 0 radical (unpaired) electrons. The van der Waals surface area contributed by atoms with Crippen LogP contribution >= 0.6 is 11.8 Å². The fourth-order valence-corrected chi connectivity index (χ4v) is 1.52. The molecular weight excluding hydrogens is 180 g/mol. The third kappa shape index (κ3) is 3.68. The number of anilines is 1. The first-order valence-corrected chi connectivity index (χ1v) is 5.95. The fraction of sp³-hybridized carbons (Fsp3) is 0.500. The molecule has 0 saturated carbocycles. The van der Waals surface area contributed by atoms with Crippen molar-refractivity contribution < 1.29 is 0 Å². The molecule has 1 heterocycles. The molecule has 1 rings (SSSR count). The van der Waals surface area contributed by atoms with E-state index in [0.717, 1.165) is 30.2 Å². The van der Waals surface area contributed by atoms with Crippen LogP contribution in [0.4, 0.5) is 5.82 Å². The van der Waals surface area contributed by atoms with E-state index in [9.17, 15) is 0 Å². The molecule has 0 aromatic carbocycles. The average Bonchev–Trinajstić information content (AvgIpc) is 2.16. The zero-order chi connectivity index (χ0) is 9.52. The van der Waals surface area contributed by atoms with Crippen LogP contribution in [0.3, 0.4) is 0 Å². The Hall–Kier alpha value is -0.700. The van der Waals surface area contributed by atoms with E-state index in [1.165, 1.54) is 0 Å². The normalized spacial score (nSPS) is 10.0. The lowest BCUT2D eigenvalue weighted by molar-refractivity contribution is 0.965. The van der Waals surface area contributed by atoms with Crippen LogP contribution in [0.25, 0.3) is 0 Å². The molecule has 72 valence electrons. The maximum Gasteiger partial charge on any atom is 0.126 e. The van der Waals surface area contributed by atoms with Crippen molar-refractivity contribution >= 4 is 17.6 Å². The van der Waals surface area contributed by atoms with Gasteiger partial charge < -0.3 is 5.32 Å². The Bertz CT molecular complexity index is 250. The summed E-state index contributed by atoms with van der Waals surface area (Å²) in [4.78, 5) is 4.47. The highest BCUT2D eigenvalue weighted by atomic mass is 32.2. The maximum absolute atomic E-state index is 4.47. The molecule has 0 atom stereocenters. The van der Waals surface area contributed by atoms with Gasteiger partial charge in [-0.2, -0.15) is 11.8 Å². The van der Waals surface area contributed by atoms with Gasteiger partial charge in [0.1, 0.15) is 5.82 Å². The van der Waals surface area contributed by atoms with Gasteiger partial charge in [0.25, 0.3) is 0 Å². The van der Waals surface area contributed by atoms with Crippen molar-refractivity contribution in [2.75, 3.05) is 18.1 Å². The SMILES string of the molecule is CCCNc1cccc(CSC)n1. The predicted molar refractivity (Wildman–Crippen MR) is 60.2 cm³/mol. The molecule has 1 aromatic heterocycles.